The Morgan fingerprint density at radius 2 is 1.29 bits per heavy atom. The van der Waals surface area contributed by atoms with Crippen LogP contribution in [0.25, 0.3) is 22.4 Å². The molecule has 3 aromatic carbocycles. The van der Waals surface area contributed by atoms with E-state index in [4.69, 9.17) is 0 Å². The van der Waals surface area contributed by atoms with Gasteiger partial charge in [0.1, 0.15) is 0 Å². The fourth-order valence-electron chi connectivity index (χ4n) is 2.99. The number of hydrogen-bond donors (Lipinski definition) is 0. The van der Waals surface area contributed by atoms with Gasteiger partial charge >= 0.3 is 0 Å². The van der Waals surface area contributed by atoms with Gasteiger partial charge in [0.25, 0.3) is 6.33 Å². The largest absolute Gasteiger partial charge is 1.00 e. The van der Waals surface area contributed by atoms with Crippen molar-refractivity contribution in [1.82, 2.24) is 4.98 Å². The minimum atomic E-state index is 0. The van der Waals surface area contributed by atoms with Crippen LogP contribution in [0, 0.1) is 0 Å². The second-order valence-electron chi connectivity index (χ2n) is 6.35. The predicted octanol–water partition coefficient (Wildman–Crippen LogP) is 1.59. The maximum absolute atomic E-state index is 12.6. The molecule has 0 aliphatic carbocycles. The van der Waals surface area contributed by atoms with Gasteiger partial charge in [-0.2, -0.15) is 0 Å². The summed E-state index contributed by atoms with van der Waals surface area (Å²) in [6, 6.07) is 29.8. The van der Waals surface area contributed by atoms with E-state index in [9.17, 15) is 4.79 Å². The van der Waals surface area contributed by atoms with E-state index in [0.29, 0.717) is 5.56 Å². The molecule has 1 heterocycles. The van der Waals surface area contributed by atoms with Crippen molar-refractivity contribution in [3.05, 3.63) is 109 Å². The second-order valence-corrected chi connectivity index (χ2v) is 6.35. The van der Waals surface area contributed by atoms with Crippen LogP contribution in [0.4, 0.5) is 0 Å². The van der Waals surface area contributed by atoms with Gasteiger partial charge in [-0.3, -0.25) is 4.79 Å². The van der Waals surface area contributed by atoms with E-state index >= 15 is 0 Å². The number of Topliss-reactive ketones (excluding diaryl/α,β-unsaturated/α-hetero) is 1. The minimum Gasteiger partial charge on any atom is -1.00 e. The summed E-state index contributed by atoms with van der Waals surface area (Å²) in [6.07, 6.45) is 3.60. The molecule has 0 unspecified atom stereocenters. The number of carbonyl (C=O) groups is 1. The molecular formula is C24H19BrN2O. The Labute approximate surface area is 175 Å². The third kappa shape index (κ3) is 4.59. The molecule has 1 aromatic heterocycles. The molecule has 4 rings (SSSR count). The molecule has 0 N–H and O–H groups in total. The van der Waals surface area contributed by atoms with Crippen molar-refractivity contribution in [3.63, 3.8) is 0 Å². The van der Waals surface area contributed by atoms with Crippen molar-refractivity contribution in [2.45, 2.75) is 6.54 Å². The van der Waals surface area contributed by atoms with Gasteiger partial charge in [-0.15, -0.1) is 0 Å². The molecule has 0 radical (unpaired) electrons. The predicted molar refractivity (Wildman–Crippen MR) is 106 cm³/mol. The molecule has 0 aliphatic heterocycles. The zero-order valence-corrected chi connectivity index (χ0v) is 16.8. The lowest BCUT2D eigenvalue weighted by atomic mass is 10.0. The summed E-state index contributed by atoms with van der Waals surface area (Å²) in [7, 11) is 0. The van der Waals surface area contributed by atoms with Gasteiger partial charge in [0.2, 0.25) is 5.78 Å². The van der Waals surface area contributed by atoms with Crippen LogP contribution in [0.15, 0.2) is 104 Å². The third-order valence-electron chi connectivity index (χ3n) is 4.48. The Kier molecular flexibility index (Phi) is 6.45. The molecule has 0 spiro atoms. The summed E-state index contributed by atoms with van der Waals surface area (Å²) in [5.74, 6) is 0.0638. The van der Waals surface area contributed by atoms with Gasteiger partial charge in [0.05, 0.1) is 6.20 Å². The van der Waals surface area contributed by atoms with E-state index in [0.717, 1.165) is 22.4 Å². The van der Waals surface area contributed by atoms with E-state index in [1.54, 1.807) is 10.9 Å². The van der Waals surface area contributed by atoms with Crippen LogP contribution >= 0.6 is 0 Å². The van der Waals surface area contributed by atoms with Crippen molar-refractivity contribution in [2.75, 3.05) is 0 Å². The Balaban J connectivity index is 0.00000225. The zero-order chi connectivity index (χ0) is 18.5. The maximum Gasteiger partial charge on any atom is 0.287 e. The van der Waals surface area contributed by atoms with Crippen LogP contribution < -0.4 is 21.5 Å². The van der Waals surface area contributed by atoms with Crippen LogP contribution in [-0.4, -0.2) is 10.8 Å². The highest BCUT2D eigenvalue weighted by Gasteiger charge is 2.12. The third-order valence-corrected chi connectivity index (χ3v) is 4.48. The molecule has 0 saturated heterocycles. The van der Waals surface area contributed by atoms with Crippen LogP contribution in [-0.2, 0) is 6.54 Å². The van der Waals surface area contributed by atoms with E-state index in [-0.39, 0.29) is 29.3 Å². The smallest absolute Gasteiger partial charge is 0.287 e. The lowest BCUT2D eigenvalue weighted by Gasteiger charge is -2.04. The topological polar surface area (TPSA) is 33.8 Å². The second kappa shape index (κ2) is 9.20. The van der Waals surface area contributed by atoms with E-state index in [2.05, 4.69) is 17.1 Å². The lowest BCUT2D eigenvalue weighted by Crippen LogP contribution is -3.00. The number of carbonyl (C=O) groups excluding carboxylic acids is 1. The maximum atomic E-state index is 12.6. The van der Waals surface area contributed by atoms with Crippen LogP contribution in [0.1, 0.15) is 10.4 Å². The summed E-state index contributed by atoms with van der Waals surface area (Å²) >= 11 is 0. The summed E-state index contributed by atoms with van der Waals surface area (Å²) in [5.41, 5.74) is 4.91. The fourth-order valence-corrected chi connectivity index (χ4v) is 2.99. The summed E-state index contributed by atoms with van der Waals surface area (Å²) in [5, 5.41) is 0. The number of halogens is 1. The Hall–Kier alpha value is -3.11. The van der Waals surface area contributed by atoms with Gasteiger partial charge < -0.3 is 17.0 Å². The Morgan fingerprint density at radius 1 is 0.714 bits per heavy atom. The number of benzene rings is 3. The first-order chi connectivity index (χ1) is 13.3. The first-order valence-electron chi connectivity index (χ1n) is 8.89. The van der Waals surface area contributed by atoms with Crippen molar-refractivity contribution < 1.29 is 26.3 Å². The van der Waals surface area contributed by atoms with Gasteiger partial charge in [-0.25, -0.2) is 4.57 Å². The number of aromatic nitrogens is 2. The number of hydrogen-bond acceptors (Lipinski definition) is 2. The highest BCUT2D eigenvalue weighted by Crippen LogP contribution is 2.19. The SMILES string of the molecule is O=C(C[n+]1ccc(-c2ccccc2)nc1)c1ccc(-c2ccccc2)cc1.[Br-]. The minimum absolute atomic E-state index is 0. The van der Waals surface area contributed by atoms with Crippen LogP contribution in [0.2, 0.25) is 0 Å². The fraction of sp³-hybridized carbons (Fsp3) is 0.0417. The van der Waals surface area contributed by atoms with Gasteiger partial charge in [0, 0.05) is 17.2 Å². The first-order valence-corrected chi connectivity index (χ1v) is 8.89. The quantitative estimate of drug-likeness (QED) is 0.355. The Morgan fingerprint density at radius 3 is 1.86 bits per heavy atom. The van der Waals surface area contributed by atoms with Crippen molar-refractivity contribution in [2.24, 2.45) is 0 Å². The highest BCUT2D eigenvalue weighted by atomic mass is 79.9. The molecule has 3 nitrogen and oxygen atoms in total. The molecule has 0 saturated carbocycles. The van der Waals surface area contributed by atoms with Gasteiger partial charge in [-0.05, 0) is 16.1 Å². The van der Waals surface area contributed by atoms with E-state index in [1.165, 1.54) is 0 Å². The lowest BCUT2D eigenvalue weighted by molar-refractivity contribution is -0.686. The molecule has 28 heavy (non-hydrogen) atoms. The summed E-state index contributed by atoms with van der Waals surface area (Å²) in [6.45, 7) is 0.271. The standard InChI is InChI=1S/C24H19N2O.BrH/c27-24(22-13-11-20(12-14-22)19-7-3-1-4-8-19)17-26-16-15-23(25-18-26)21-9-5-2-6-10-21;/h1-16,18H,17H2;1H/q+1;/p-1. The number of ketones is 1. The highest BCUT2D eigenvalue weighted by molar-refractivity contribution is 5.95. The molecule has 0 bridgehead atoms. The van der Waals surface area contributed by atoms with Gasteiger partial charge in [-0.1, -0.05) is 84.9 Å². The summed E-state index contributed by atoms with van der Waals surface area (Å²) < 4.78 is 1.81. The van der Waals surface area contributed by atoms with Crippen molar-refractivity contribution in [1.29, 1.82) is 0 Å². The molecule has 0 atom stereocenters. The number of nitrogens with zero attached hydrogens (tertiary/aromatic N) is 2. The van der Waals surface area contributed by atoms with E-state index in [1.807, 2.05) is 85.1 Å². The molecule has 0 fully saturated rings. The summed E-state index contributed by atoms with van der Waals surface area (Å²) in [4.78, 5) is 17.0. The molecule has 0 amide bonds. The van der Waals surface area contributed by atoms with Crippen molar-refractivity contribution >= 4 is 5.78 Å². The first kappa shape index (κ1) is 19.6. The zero-order valence-electron chi connectivity index (χ0n) is 15.2. The van der Waals surface area contributed by atoms with Crippen LogP contribution in [0.5, 0.6) is 0 Å². The monoisotopic (exact) mass is 430 g/mol. The van der Waals surface area contributed by atoms with Crippen LogP contribution in [0.3, 0.4) is 0 Å². The number of rotatable bonds is 5. The average molecular weight is 431 g/mol. The average Bonchev–Trinajstić information content (AvgIpc) is 2.76. The van der Waals surface area contributed by atoms with E-state index < -0.39 is 0 Å². The van der Waals surface area contributed by atoms with Gasteiger partial charge in [0.15, 0.2) is 12.2 Å². The molecular weight excluding hydrogens is 412 g/mol. The Bertz CT molecular complexity index is 1030. The normalized spacial score (nSPS) is 10.1. The molecule has 0 aliphatic rings. The molecule has 4 aromatic rings. The molecule has 138 valence electrons. The molecule has 4 heteroatoms. The van der Waals surface area contributed by atoms with Crippen molar-refractivity contribution in [3.8, 4) is 22.4 Å².